The Balaban J connectivity index is 1.98. The average Bonchev–Trinajstić information content (AvgIpc) is 2.59. The molecule has 0 fully saturated rings. The topological polar surface area (TPSA) is 35.5 Å². The van der Waals surface area contributed by atoms with Crippen LogP contribution in [0.15, 0.2) is 30.3 Å². The van der Waals surface area contributed by atoms with Crippen molar-refractivity contribution in [3.8, 4) is 5.75 Å². The van der Waals surface area contributed by atoms with Crippen LogP contribution >= 0.6 is 0 Å². The largest absolute Gasteiger partial charge is 0.496 e. The van der Waals surface area contributed by atoms with E-state index in [1.807, 2.05) is 37.3 Å². The van der Waals surface area contributed by atoms with E-state index in [-0.39, 0.29) is 5.97 Å². The van der Waals surface area contributed by atoms with Gasteiger partial charge >= 0.3 is 5.97 Å². The number of hydrogen-bond acceptors (Lipinski definition) is 3. The van der Waals surface area contributed by atoms with E-state index in [0.29, 0.717) is 17.9 Å². The van der Waals surface area contributed by atoms with Crippen LogP contribution in [0, 0.1) is 12.8 Å². The highest BCUT2D eigenvalue weighted by molar-refractivity contribution is 6.07. The van der Waals surface area contributed by atoms with Crippen molar-refractivity contribution in [1.29, 1.82) is 0 Å². The second kappa shape index (κ2) is 9.45. The molecule has 3 heteroatoms. The third-order valence-corrected chi connectivity index (χ3v) is 4.47. The summed E-state index contributed by atoms with van der Waals surface area (Å²) in [6.07, 6.45) is 5.74. The van der Waals surface area contributed by atoms with E-state index in [4.69, 9.17) is 9.47 Å². The van der Waals surface area contributed by atoms with E-state index < -0.39 is 0 Å². The monoisotopic (exact) mass is 342 g/mol. The van der Waals surface area contributed by atoms with Gasteiger partial charge in [0.25, 0.3) is 0 Å². The fourth-order valence-corrected chi connectivity index (χ4v) is 3.04. The van der Waals surface area contributed by atoms with E-state index in [2.05, 4.69) is 13.8 Å². The molecule has 0 amide bonds. The Morgan fingerprint density at radius 3 is 2.48 bits per heavy atom. The molecule has 0 unspecified atom stereocenters. The lowest BCUT2D eigenvalue weighted by molar-refractivity contribution is 0.0496. The van der Waals surface area contributed by atoms with E-state index in [1.165, 1.54) is 19.3 Å². The number of benzene rings is 2. The molecule has 0 aliphatic rings. The van der Waals surface area contributed by atoms with E-state index in [9.17, 15) is 4.79 Å². The first kappa shape index (κ1) is 19.3. The molecule has 136 valence electrons. The normalized spacial score (nSPS) is 11.1. The van der Waals surface area contributed by atoms with Crippen LogP contribution in [-0.4, -0.2) is 19.7 Å². The van der Waals surface area contributed by atoms with E-state index in [1.54, 1.807) is 7.11 Å². The summed E-state index contributed by atoms with van der Waals surface area (Å²) in [5, 5.41) is 1.91. The smallest absolute Gasteiger partial charge is 0.342 e. The molecule has 25 heavy (non-hydrogen) atoms. The summed E-state index contributed by atoms with van der Waals surface area (Å²) in [7, 11) is 1.59. The van der Waals surface area contributed by atoms with Crippen molar-refractivity contribution in [2.75, 3.05) is 13.7 Å². The molecule has 3 nitrogen and oxygen atoms in total. The Labute approximate surface area is 151 Å². The SMILES string of the molecule is COc1ccc2ccc(C)cc2c1C(=O)OCCCCCCC(C)C. The highest BCUT2D eigenvalue weighted by Crippen LogP contribution is 2.29. The molecule has 0 saturated carbocycles. The van der Waals surface area contributed by atoms with Gasteiger partial charge in [0.2, 0.25) is 0 Å². The maximum absolute atomic E-state index is 12.6. The molecule has 0 saturated heterocycles. The number of fused-ring (bicyclic) bond motifs is 1. The van der Waals surface area contributed by atoms with Crippen LogP contribution in [0.4, 0.5) is 0 Å². The lowest BCUT2D eigenvalue weighted by atomic mass is 10.0. The fourth-order valence-electron chi connectivity index (χ4n) is 3.04. The zero-order valence-electron chi connectivity index (χ0n) is 15.9. The van der Waals surface area contributed by atoms with Crippen molar-refractivity contribution >= 4 is 16.7 Å². The van der Waals surface area contributed by atoms with Crippen LogP contribution in [0.5, 0.6) is 5.75 Å². The maximum Gasteiger partial charge on any atom is 0.342 e. The molecular weight excluding hydrogens is 312 g/mol. The summed E-state index contributed by atoms with van der Waals surface area (Å²) in [4.78, 5) is 12.6. The van der Waals surface area contributed by atoms with Crippen LogP contribution in [0.1, 0.15) is 61.9 Å². The van der Waals surface area contributed by atoms with Crippen LogP contribution in [-0.2, 0) is 4.74 Å². The summed E-state index contributed by atoms with van der Waals surface area (Å²) in [5.74, 6) is 1.04. The Hall–Kier alpha value is -2.03. The van der Waals surface area contributed by atoms with Gasteiger partial charge in [-0.25, -0.2) is 4.79 Å². The van der Waals surface area contributed by atoms with Gasteiger partial charge in [0, 0.05) is 5.39 Å². The minimum absolute atomic E-state index is 0.296. The molecule has 0 radical (unpaired) electrons. The Morgan fingerprint density at radius 1 is 1.04 bits per heavy atom. The molecule has 0 aromatic heterocycles. The fraction of sp³-hybridized carbons (Fsp3) is 0.500. The molecule has 0 N–H and O–H groups in total. The zero-order valence-corrected chi connectivity index (χ0v) is 15.9. The van der Waals surface area contributed by atoms with Crippen LogP contribution in [0.3, 0.4) is 0 Å². The van der Waals surface area contributed by atoms with Gasteiger partial charge in [-0.15, -0.1) is 0 Å². The molecule has 0 atom stereocenters. The summed E-state index contributed by atoms with van der Waals surface area (Å²) in [6, 6.07) is 9.89. The number of esters is 1. The molecule has 2 aromatic carbocycles. The predicted molar refractivity (Wildman–Crippen MR) is 103 cm³/mol. The molecule has 0 aliphatic heterocycles. The lowest BCUT2D eigenvalue weighted by Crippen LogP contribution is -2.09. The van der Waals surface area contributed by atoms with Crippen molar-refractivity contribution in [2.24, 2.45) is 5.92 Å². The number of methoxy groups -OCH3 is 1. The van der Waals surface area contributed by atoms with Crippen LogP contribution in [0.25, 0.3) is 10.8 Å². The maximum atomic E-state index is 12.6. The third-order valence-electron chi connectivity index (χ3n) is 4.47. The van der Waals surface area contributed by atoms with Gasteiger partial charge in [-0.05, 0) is 30.7 Å². The standard InChI is InChI=1S/C22H30O3/c1-16(2)9-7-5-6-8-14-25-22(23)21-19-15-17(3)10-11-18(19)12-13-20(21)24-4/h10-13,15-16H,5-9,14H2,1-4H3. The van der Waals surface area contributed by atoms with Crippen molar-refractivity contribution in [1.82, 2.24) is 0 Å². The lowest BCUT2D eigenvalue weighted by Gasteiger charge is -2.12. The summed E-state index contributed by atoms with van der Waals surface area (Å²) >= 11 is 0. The van der Waals surface area contributed by atoms with Crippen LogP contribution < -0.4 is 4.74 Å². The first-order valence-corrected chi connectivity index (χ1v) is 9.27. The molecule has 2 rings (SSSR count). The summed E-state index contributed by atoms with van der Waals surface area (Å²) < 4.78 is 10.9. The van der Waals surface area contributed by atoms with Gasteiger partial charge in [0.15, 0.2) is 0 Å². The quantitative estimate of drug-likeness (QED) is 0.419. The Kier molecular flexibility index (Phi) is 7.30. The molecule has 0 aliphatic carbocycles. The Bertz CT molecular complexity index is 704. The Morgan fingerprint density at radius 2 is 1.76 bits per heavy atom. The second-order valence-corrected chi connectivity index (χ2v) is 7.10. The highest BCUT2D eigenvalue weighted by Gasteiger charge is 2.17. The molecule has 0 heterocycles. The van der Waals surface area contributed by atoms with Gasteiger partial charge in [-0.1, -0.05) is 69.4 Å². The number of carbonyl (C=O) groups excluding carboxylic acids is 1. The third kappa shape index (κ3) is 5.48. The first-order valence-electron chi connectivity index (χ1n) is 9.27. The summed E-state index contributed by atoms with van der Waals surface area (Å²) in [5.41, 5.74) is 1.64. The van der Waals surface area contributed by atoms with E-state index in [0.717, 1.165) is 35.1 Å². The minimum atomic E-state index is -0.296. The van der Waals surface area contributed by atoms with Gasteiger partial charge < -0.3 is 9.47 Å². The zero-order chi connectivity index (χ0) is 18.2. The average molecular weight is 342 g/mol. The van der Waals surface area contributed by atoms with Gasteiger partial charge in [-0.2, -0.15) is 0 Å². The van der Waals surface area contributed by atoms with Crippen molar-refractivity contribution < 1.29 is 14.3 Å². The predicted octanol–water partition coefficient (Wildman–Crippen LogP) is 5.92. The second-order valence-electron chi connectivity index (χ2n) is 7.10. The molecule has 2 aromatic rings. The minimum Gasteiger partial charge on any atom is -0.496 e. The van der Waals surface area contributed by atoms with E-state index >= 15 is 0 Å². The van der Waals surface area contributed by atoms with Gasteiger partial charge in [0.05, 0.1) is 13.7 Å². The van der Waals surface area contributed by atoms with Gasteiger partial charge in [-0.3, -0.25) is 0 Å². The van der Waals surface area contributed by atoms with Gasteiger partial charge in [0.1, 0.15) is 11.3 Å². The number of aryl methyl sites for hydroxylation is 1. The summed E-state index contributed by atoms with van der Waals surface area (Å²) in [6.45, 7) is 6.99. The van der Waals surface area contributed by atoms with Crippen molar-refractivity contribution in [3.05, 3.63) is 41.5 Å². The van der Waals surface area contributed by atoms with Crippen molar-refractivity contribution in [3.63, 3.8) is 0 Å². The van der Waals surface area contributed by atoms with Crippen LogP contribution in [0.2, 0.25) is 0 Å². The highest BCUT2D eigenvalue weighted by atomic mass is 16.5. The van der Waals surface area contributed by atoms with Crippen molar-refractivity contribution in [2.45, 2.75) is 52.9 Å². The number of carbonyl (C=O) groups is 1. The number of unbranched alkanes of at least 4 members (excludes halogenated alkanes) is 3. The number of rotatable bonds is 9. The first-order chi connectivity index (χ1) is 12.0. The molecule has 0 bridgehead atoms. The number of hydrogen-bond donors (Lipinski definition) is 0. The molecule has 0 spiro atoms. The molecular formula is C22H30O3. The number of ether oxygens (including phenoxy) is 2.